The van der Waals surface area contributed by atoms with Gasteiger partial charge in [-0.1, -0.05) is 0 Å². The monoisotopic (exact) mass is 322 g/mol. The number of hydrogen-bond acceptors (Lipinski definition) is 5. The van der Waals surface area contributed by atoms with Crippen LogP contribution in [0.3, 0.4) is 0 Å². The third kappa shape index (κ3) is 2.80. The van der Waals surface area contributed by atoms with E-state index in [0.29, 0.717) is 5.56 Å². The Bertz CT molecular complexity index is 846. The molecular formula is C17H18N6O. The van der Waals surface area contributed by atoms with Crippen LogP contribution in [0.25, 0.3) is 5.65 Å². The summed E-state index contributed by atoms with van der Waals surface area (Å²) in [5, 5.41) is 7.47. The topological polar surface area (TPSA) is 75.4 Å². The second-order valence-corrected chi connectivity index (χ2v) is 5.90. The van der Waals surface area contributed by atoms with Crippen molar-refractivity contribution in [1.82, 2.24) is 24.9 Å². The molecule has 0 aliphatic carbocycles. The quantitative estimate of drug-likeness (QED) is 0.791. The number of carbonyl (C=O) groups excluding carboxylic acids is 1. The summed E-state index contributed by atoms with van der Waals surface area (Å²) in [4.78, 5) is 22.8. The van der Waals surface area contributed by atoms with Gasteiger partial charge in [0.15, 0.2) is 5.65 Å². The van der Waals surface area contributed by atoms with Gasteiger partial charge in [-0.25, -0.2) is 4.98 Å². The van der Waals surface area contributed by atoms with E-state index in [1.54, 1.807) is 36.9 Å². The average molecular weight is 322 g/mol. The van der Waals surface area contributed by atoms with Gasteiger partial charge in [-0.3, -0.25) is 9.78 Å². The van der Waals surface area contributed by atoms with Crippen LogP contribution >= 0.6 is 0 Å². The molecule has 4 rings (SSSR count). The second kappa shape index (κ2) is 6.27. The van der Waals surface area contributed by atoms with E-state index in [1.807, 2.05) is 16.6 Å². The Morgan fingerprint density at radius 2 is 2.00 bits per heavy atom. The summed E-state index contributed by atoms with van der Waals surface area (Å²) in [6, 6.07) is 7.42. The van der Waals surface area contributed by atoms with E-state index in [-0.39, 0.29) is 11.9 Å². The van der Waals surface area contributed by atoms with E-state index < -0.39 is 0 Å². The zero-order valence-corrected chi connectivity index (χ0v) is 13.2. The first kappa shape index (κ1) is 14.6. The van der Waals surface area contributed by atoms with Crippen LogP contribution in [-0.4, -0.2) is 44.6 Å². The van der Waals surface area contributed by atoms with Crippen molar-refractivity contribution in [2.45, 2.75) is 18.9 Å². The molecular weight excluding hydrogens is 304 g/mol. The number of rotatable bonds is 3. The van der Waals surface area contributed by atoms with Crippen molar-refractivity contribution in [3.63, 3.8) is 0 Å². The smallest absolute Gasteiger partial charge is 0.251 e. The lowest BCUT2D eigenvalue weighted by molar-refractivity contribution is 0.0933. The Morgan fingerprint density at radius 3 is 2.88 bits per heavy atom. The minimum absolute atomic E-state index is 0.0526. The van der Waals surface area contributed by atoms with Crippen molar-refractivity contribution in [2.24, 2.45) is 0 Å². The highest BCUT2D eigenvalue weighted by Crippen LogP contribution is 2.20. The van der Waals surface area contributed by atoms with Crippen molar-refractivity contribution >= 4 is 17.4 Å². The fourth-order valence-electron chi connectivity index (χ4n) is 3.14. The van der Waals surface area contributed by atoms with Gasteiger partial charge in [0.25, 0.3) is 5.91 Å². The summed E-state index contributed by atoms with van der Waals surface area (Å²) >= 11 is 0. The number of anilines is 1. The Labute approximate surface area is 139 Å². The number of aromatic nitrogens is 4. The molecule has 1 aliphatic heterocycles. The van der Waals surface area contributed by atoms with Gasteiger partial charge in [-0.05, 0) is 31.0 Å². The van der Waals surface area contributed by atoms with Crippen molar-refractivity contribution in [3.05, 3.63) is 54.6 Å². The Kier molecular flexibility index (Phi) is 3.82. The average Bonchev–Trinajstić information content (AvgIpc) is 3.11. The summed E-state index contributed by atoms with van der Waals surface area (Å²) in [5.74, 6) is 0.955. The van der Waals surface area contributed by atoms with Crippen LogP contribution in [0.4, 0.5) is 5.82 Å². The third-order valence-corrected chi connectivity index (χ3v) is 4.29. The lowest BCUT2D eigenvalue weighted by Gasteiger charge is -2.34. The number of hydrogen-bond donors (Lipinski definition) is 1. The third-order valence-electron chi connectivity index (χ3n) is 4.29. The van der Waals surface area contributed by atoms with Crippen LogP contribution in [-0.2, 0) is 0 Å². The number of piperidine rings is 1. The van der Waals surface area contributed by atoms with Gasteiger partial charge in [0.05, 0.1) is 6.20 Å². The number of amides is 1. The van der Waals surface area contributed by atoms with E-state index in [2.05, 4.69) is 25.3 Å². The Morgan fingerprint density at radius 1 is 1.12 bits per heavy atom. The molecule has 3 aromatic heterocycles. The van der Waals surface area contributed by atoms with Gasteiger partial charge in [-0.15, -0.1) is 0 Å². The van der Waals surface area contributed by atoms with E-state index in [0.717, 1.165) is 37.4 Å². The molecule has 1 atom stereocenters. The highest BCUT2D eigenvalue weighted by Gasteiger charge is 2.23. The van der Waals surface area contributed by atoms with Crippen LogP contribution < -0.4 is 10.2 Å². The number of fused-ring (bicyclic) bond motifs is 1. The molecule has 3 aromatic rings. The molecule has 7 nitrogen and oxygen atoms in total. The van der Waals surface area contributed by atoms with Crippen molar-refractivity contribution in [3.8, 4) is 0 Å². The molecule has 0 spiro atoms. The maximum atomic E-state index is 12.3. The van der Waals surface area contributed by atoms with Crippen LogP contribution in [0.1, 0.15) is 23.2 Å². The first-order chi connectivity index (χ1) is 11.8. The first-order valence-corrected chi connectivity index (χ1v) is 8.06. The fraction of sp³-hybridized carbons (Fsp3) is 0.294. The molecule has 1 aliphatic rings. The highest BCUT2D eigenvalue weighted by molar-refractivity contribution is 5.94. The number of pyridine rings is 1. The molecule has 0 radical (unpaired) electrons. The van der Waals surface area contributed by atoms with Crippen LogP contribution in [0.15, 0.2) is 49.1 Å². The largest absolute Gasteiger partial charge is 0.354 e. The van der Waals surface area contributed by atoms with Gasteiger partial charge in [-0.2, -0.15) is 9.61 Å². The minimum Gasteiger partial charge on any atom is -0.354 e. The predicted molar refractivity (Wildman–Crippen MR) is 89.9 cm³/mol. The van der Waals surface area contributed by atoms with Gasteiger partial charge >= 0.3 is 0 Å². The zero-order chi connectivity index (χ0) is 16.4. The van der Waals surface area contributed by atoms with Gasteiger partial charge in [0.2, 0.25) is 0 Å². The normalized spacial score (nSPS) is 17.8. The molecule has 24 heavy (non-hydrogen) atoms. The summed E-state index contributed by atoms with van der Waals surface area (Å²) in [5.41, 5.74) is 1.47. The maximum Gasteiger partial charge on any atom is 0.251 e. The predicted octanol–water partition coefficient (Wildman–Crippen LogP) is 1.52. The molecule has 1 N–H and O–H groups in total. The van der Waals surface area contributed by atoms with E-state index >= 15 is 0 Å². The fourth-order valence-corrected chi connectivity index (χ4v) is 3.14. The van der Waals surface area contributed by atoms with E-state index in [9.17, 15) is 4.79 Å². The molecule has 4 heterocycles. The van der Waals surface area contributed by atoms with Gasteiger partial charge in [0, 0.05) is 49.4 Å². The van der Waals surface area contributed by atoms with Crippen molar-refractivity contribution < 1.29 is 4.79 Å². The van der Waals surface area contributed by atoms with Crippen LogP contribution in [0, 0.1) is 0 Å². The minimum atomic E-state index is -0.0526. The molecule has 0 saturated carbocycles. The first-order valence-electron chi connectivity index (χ1n) is 8.06. The molecule has 1 saturated heterocycles. The number of nitrogens with one attached hydrogen (secondary N) is 1. The van der Waals surface area contributed by atoms with Gasteiger partial charge in [0.1, 0.15) is 5.82 Å². The zero-order valence-electron chi connectivity index (χ0n) is 13.2. The van der Waals surface area contributed by atoms with Crippen LogP contribution in [0.5, 0.6) is 0 Å². The lowest BCUT2D eigenvalue weighted by atomic mass is 10.1. The molecule has 1 fully saturated rings. The number of nitrogens with zero attached hydrogens (tertiary/aromatic N) is 5. The maximum absolute atomic E-state index is 12.3. The summed E-state index contributed by atoms with van der Waals surface area (Å²) in [6.07, 6.45) is 8.80. The standard InChI is InChI=1S/C17H18N6O/c24-17(13-3-7-18-8-4-13)21-14-2-1-11-22(12-14)16-6-9-19-15-5-10-20-23(15)16/h3-10,14H,1-2,11-12H2,(H,21,24). The molecule has 122 valence electrons. The lowest BCUT2D eigenvalue weighted by Crippen LogP contribution is -2.48. The molecule has 0 aromatic carbocycles. The molecule has 1 amide bonds. The van der Waals surface area contributed by atoms with Gasteiger partial charge < -0.3 is 10.2 Å². The van der Waals surface area contributed by atoms with Crippen molar-refractivity contribution in [1.29, 1.82) is 0 Å². The molecule has 0 bridgehead atoms. The van der Waals surface area contributed by atoms with Crippen LogP contribution in [0.2, 0.25) is 0 Å². The summed E-state index contributed by atoms with van der Waals surface area (Å²) in [7, 11) is 0. The van der Waals surface area contributed by atoms with E-state index in [4.69, 9.17) is 0 Å². The Hall–Kier alpha value is -2.96. The van der Waals surface area contributed by atoms with E-state index in [1.165, 1.54) is 0 Å². The van der Waals surface area contributed by atoms with Crippen molar-refractivity contribution in [2.75, 3.05) is 18.0 Å². The highest BCUT2D eigenvalue weighted by atomic mass is 16.1. The number of carbonyl (C=O) groups is 1. The summed E-state index contributed by atoms with van der Waals surface area (Å²) < 4.78 is 1.84. The molecule has 1 unspecified atom stereocenters. The summed E-state index contributed by atoms with van der Waals surface area (Å²) in [6.45, 7) is 1.70. The Balaban J connectivity index is 1.50. The SMILES string of the molecule is O=C(NC1CCCN(c2ccnc3ccnn23)C1)c1ccncc1. The second-order valence-electron chi connectivity index (χ2n) is 5.90. The molecule has 7 heteroatoms.